The second kappa shape index (κ2) is 8.81. The summed E-state index contributed by atoms with van der Waals surface area (Å²) in [6.07, 6.45) is 0. The largest absolute Gasteiger partial charge is 0.454 e. The SMILES string of the molecule is CC(=O)Nc1ccc(C(=O)COC(=O)c2c(C)nn(CC(C)C)c2Cl)cc1. The molecule has 2 rings (SSSR count). The monoisotopic (exact) mass is 391 g/mol. The number of hydrogen-bond donors (Lipinski definition) is 1. The van der Waals surface area contributed by atoms with E-state index >= 15 is 0 Å². The van der Waals surface area contributed by atoms with Crippen LogP contribution in [0.3, 0.4) is 0 Å². The number of ether oxygens (including phenoxy) is 1. The molecule has 0 saturated heterocycles. The van der Waals surface area contributed by atoms with Gasteiger partial charge in [-0.15, -0.1) is 0 Å². The van der Waals surface area contributed by atoms with E-state index in [-0.39, 0.29) is 22.4 Å². The first kappa shape index (κ1) is 20.6. The summed E-state index contributed by atoms with van der Waals surface area (Å²) >= 11 is 6.24. The van der Waals surface area contributed by atoms with Gasteiger partial charge in [0.05, 0.1) is 5.69 Å². The van der Waals surface area contributed by atoms with Gasteiger partial charge in [-0.25, -0.2) is 4.79 Å². The normalized spacial score (nSPS) is 10.7. The van der Waals surface area contributed by atoms with Crippen molar-refractivity contribution in [3.8, 4) is 0 Å². The lowest BCUT2D eigenvalue weighted by Gasteiger charge is -2.07. The average molecular weight is 392 g/mol. The Balaban J connectivity index is 2.02. The number of benzene rings is 1. The maximum Gasteiger partial charge on any atom is 0.343 e. The Labute approximate surface area is 162 Å². The van der Waals surface area contributed by atoms with Gasteiger partial charge in [0.25, 0.3) is 0 Å². The van der Waals surface area contributed by atoms with Gasteiger partial charge < -0.3 is 10.1 Å². The van der Waals surface area contributed by atoms with E-state index in [2.05, 4.69) is 10.4 Å². The van der Waals surface area contributed by atoms with Gasteiger partial charge in [-0.1, -0.05) is 25.4 Å². The van der Waals surface area contributed by atoms with Crippen molar-refractivity contribution in [3.05, 3.63) is 46.2 Å². The number of aromatic nitrogens is 2. The van der Waals surface area contributed by atoms with Crippen LogP contribution in [0.2, 0.25) is 5.15 Å². The van der Waals surface area contributed by atoms with Crippen molar-refractivity contribution >= 4 is 34.9 Å². The maximum absolute atomic E-state index is 12.3. The van der Waals surface area contributed by atoms with Crippen LogP contribution < -0.4 is 5.32 Å². The van der Waals surface area contributed by atoms with Crippen LogP contribution in [-0.2, 0) is 16.1 Å². The molecule has 7 nitrogen and oxygen atoms in total. The van der Waals surface area contributed by atoms with Crippen LogP contribution in [0.5, 0.6) is 0 Å². The molecule has 27 heavy (non-hydrogen) atoms. The van der Waals surface area contributed by atoms with Crippen molar-refractivity contribution in [1.82, 2.24) is 9.78 Å². The fourth-order valence-electron chi connectivity index (χ4n) is 2.48. The molecule has 0 bridgehead atoms. The molecule has 0 atom stereocenters. The minimum atomic E-state index is -0.685. The quantitative estimate of drug-likeness (QED) is 0.576. The summed E-state index contributed by atoms with van der Waals surface area (Å²) in [5.74, 6) is -0.933. The predicted octanol–water partition coefficient (Wildman–Crippen LogP) is 3.50. The smallest absolute Gasteiger partial charge is 0.343 e. The summed E-state index contributed by atoms with van der Waals surface area (Å²) in [5.41, 5.74) is 1.58. The summed E-state index contributed by atoms with van der Waals surface area (Å²) < 4.78 is 6.68. The molecule has 0 unspecified atom stereocenters. The number of Topliss-reactive ketones (excluding diaryl/α,β-unsaturated/α-hetero) is 1. The van der Waals surface area contributed by atoms with Crippen LogP contribution in [-0.4, -0.2) is 34.0 Å². The van der Waals surface area contributed by atoms with E-state index in [0.717, 1.165) is 0 Å². The van der Waals surface area contributed by atoms with E-state index in [4.69, 9.17) is 16.3 Å². The summed E-state index contributed by atoms with van der Waals surface area (Å²) in [7, 11) is 0. The Morgan fingerprint density at radius 3 is 2.41 bits per heavy atom. The third-order valence-corrected chi connectivity index (χ3v) is 4.05. The maximum atomic E-state index is 12.3. The summed E-state index contributed by atoms with van der Waals surface area (Å²) in [6, 6.07) is 6.32. The highest BCUT2D eigenvalue weighted by atomic mass is 35.5. The Hall–Kier alpha value is -2.67. The Morgan fingerprint density at radius 2 is 1.85 bits per heavy atom. The lowest BCUT2D eigenvalue weighted by atomic mass is 10.1. The second-order valence-corrected chi connectivity index (χ2v) is 6.94. The second-order valence-electron chi connectivity index (χ2n) is 6.59. The molecular formula is C19H22ClN3O4. The minimum Gasteiger partial charge on any atom is -0.454 e. The standard InChI is InChI=1S/C19H22ClN3O4/c1-11(2)9-23-18(20)17(12(3)22-23)19(26)27-10-16(25)14-5-7-15(8-6-14)21-13(4)24/h5-8,11H,9-10H2,1-4H3,(H,21,24). The van der Waals surface area contributed by atoms with Crippen molar-refractivity contribution in [2.75, 3.05) is 11.9 Å². The van der Waals surface area contributed by atoms with Gasteiger partial charge in [-0.05, 0) is 37.1 Å². The fraction of sp³-hybridized carbons (Fsp3) is 0.368. The number of esters is 1. The molecule has 0 aliphatic heterocycles. The molecule has 0 aliphatic carbocycles. The number of nitrogens with one attached hydrogen (secondary N) is 1. The number of hydrogen-bond acceptors (Lipinski definition) is 5. The van der Waals surface area contributed by atoms with Crippen molar-refractivity contribution in [3.63, 3.8) is 0 Å². The minimum absolute atomic E-state index is 0.172. The highest BCUT2D eigenvalue weighted by molar-refractivity contribution is 6.32. The first-order valence-electron chi connectivity index (χ1n) is 8.50. The van der Waals surface area contributed by atoms with Gasteiger partial charge in [0, 0.05) is 24.7 Å². The third kappa shape index (κ3) is 5.40. The fourth-order valence-corrected chi connectivity index (χ4v) is 2.80. The van der Waals surface area contributed by atoms with Crippen LogP contribution in [0.1, 0.15) is 47.2 Å². The lowest BCUT2D eigenvalue weighted by Crippen LogP contribution is -2.15. The van der Waals surface area contributed by atoms with Gasteiger partial charge in [0.1, 0.15) is 10.7 Å². The van der Waals surface area contributed by atoms with Gasteiger partial charge in [0.2, 0.25) is 5.91 Å². The summed E-state index contributed by atoms with van der Waals surface area (Å²) in [6.45, 7) is 7.26. The molecule has 1 heterocycles. The van der Waals surface area contributed by atoms with E-state index in [9.17, 15) is 14.4 Å². The Morgan fingerprint density at radius 1 is 1.22 bits per heavy atom. The van der Waals surface area contributed by atoms with Gasteiger partial charge >= 0.3 is 5.97 Å². The van der Waals surface area contributed by atoms with E-state index in [0.29, 0.717) is 29.4 Å². The zero-order valence-electron chi connectivity index (χ0n) is 15.7. The zero-order valence-corrected chi connectivity index (χ0v) is 16.5. The van der Waals surface area contributed by atoms with Gasteiger partial charge in [0.15, 0.2) is 12.4 Å². The molecule has 1 aromatic heterocycles. The molecule has 0 fully saturated rings. The molecule has 144 valence electrons. The first-order chi connectivity index (χ1) is 12.7. The average Bonchev–Trinajstić information content (AvgIpc) is 2.85. The van der Waals surface area contributed by atoms with Crippen molar-refractivity contribution < 1.29 is 19.1 Å². The number of nitrogens with zero attached hydrogens (tertiary/aromatic N) is 2. The molecule has 8 heteroatoms. The molecule has 1 amide bonds. The van der Waals surface area contributed by atoms with Crippen LogP contribution in [0.4, 0.5) is 5.69 Å². The molecule has 1 aromatic carbocycles. The Kier molecular flexibility index (Phi) is 6.74. The van der Waals surface area contributed by atoms with Crippen LogP contribution in [0.25, 0.3) is 0 Å². The number of carbonyl (C=O) groups excluding carboxylic acids is 3. The van der Waals surface area contributed by atoms with Gasteiger partial charge in [-0.3, -0.25) is 14.3 Å². The van der Waals surface area contributed by atoms with Crippen molar-refractivity contribution in [1.29, 1.82) is 0 Å². The summed E-state index contributed by atoms with van der Waals surface area (Å²) in [5, 5.41) is 7.07. The van der Waals surface area contributed by atoms with Gasteiger partial charge in [-0.2, -0.15) is 5.10 Å². The highest BCUT2D eigenvalue weighted by Crippen LogP contribution is 2.22. The first-order valence-corrected chi connectivity index (χ1v) is 8.87. The number of amides is 1. The third-order valence-electron chi connectivity index (χ3n) is 3.67. The number of halogens is 1. The molecular weight excluding hydrogens is 370 g/mol. The highest BCUT2D eigenvalue weighted by Gasteiger charge is 2.23. The van der Waals surface area contributed by atoms with E-state index in [1.165, 1.54) is 6.92 Å². The zero-order chi connectivity index (χ0) is 20.1. The van der Waals surface area contributed by atoms with Crippen LogP contribution in [0.15, 0.2) is 24.3 Å². The van der Waals surface area contributed by atoms with Crippen LogP contribution >= 0.6 is 11.6 Å². The Bertz CT molecular complexity index is 857. The topological polar surface area (TPSA) is 90.3 Å². The number of anilines is 1. The number of ketones is 1. The predicted molar refractivity (Wildman–Crippen MR) is 102 cm³/mol. The molecule has 0 saturated carbocycles. The summed E-state index contributed by atoms with van der Waals surface area (Å²) in [4.78, 5) is 35.6. The van der Waals surface area contributed by atoms with Crippen LogP contribution in [0, 0.1) is 12.8 Å². The molecule has 0 radical (unpaired) electrons. The lowest BCUT2D eigenvalue weighted by molar-refractivity contribution is -0.114. The molecule has 2 aromatic rings. The van der Waals surface area contributed by atoms with E-state index in [1.54, 1.807) is 35.9 Å². The number of aryl methyl sites for hydroxylation is 1. The molecule has 1 N–H and O–H groups in total. The van der Waals surface area contributed by atoms with Crippen molar-refractivity contribution in [2.24, 2.45) is 5.92 Å². The molecule has 0 spiro atoms. The number of carbonyl (C=O) groups is 3. The van der Waals surface area contributed by atoms with E-state index < -0.39 is 12.6 Å². The van der Waals surface area contributed by atoms with Crippen molar-refractivity contribution in [2.45, 2.75) is 34.2 Å². The molecule has 0 aliphatic rings. The number of rotatable bonds is 7. The van der Waals surface area contributed by atoms with E-state index in [1.807, 2.05) is 13.8 Å².